The molecule has 1 atom stereocenters. The number of aromatic nitrogens is 2. The maximum absolute atomic E-state index is 13.8. The molecule has 2 rings (SSSR count). The normalized spacial score (nSPS) is 13.0. The quantitative estimate of drug-likeness (QED) is 0.674. The van der Waals surface area contributed by atoms with Gasteiger partial charge >= 0.3 is 0 Å². The third kappa shape index (κ3) is 5.26. The summed E-state index contributed by atoms with van der Waals surface area (Å²) in [5.41, 5.74) is 2.60. The predicted octanol–water partition coefficient (Wildman–Crippen LogP) is 5.40. The molecule has 0 aliphatic rings. The second-order valence-electron chi connectivity index (χ2n) is 5.50. The van der Waals surface area contributed by atoms with E-state index in [1.54, 1.807) is 24.7 Å². The van der Waals surface area contributed by atoms with E-state index in [9.17, 15) is 4.39 Å². The molecule has 0 saturated carbocycles. The van der Waals surface area contributed by atoms with Gasteiger partial charge in [-0.3, -0.25) is 0 Å². The number of benzene rings is 1. The first kappa shape index (κ1) is 18.9. The van der Waals surface area contributed by atoms with Crippen molar-refractivity contribution >= 4 is 17.2 Å². The second-order valence-corrected chi connectivity index (χ2v) is 5.91. The molecule has 2 aromatic rings. The molecular formula is C20H21ClFN3. The molecule has 3 nitrogen and oxygen atoms in total. The highest BCUT2D eigenvalue weighted by Gasteiger charge is 2.12. The van der Waals surface area contributed by atoms with E-state index < -0.39 is 5.82 Å². The van der Waals surface area contributed by atoms with Gasteiger partial charge in [-0.05, 0) is 55.0 Å². The number of nitrogens with one attached hydrogen (secondary N) is 1. The molecule has 0 radical (unpaired) electrons. The van der Waals surface area contributed by atoms with Gasteiger partial charge in [0.2, 0.25) is 0 Å². The number of hydrogen-bond acceptors (Lipinski definition) is 3. The summed E-state index contributed by atoms with van der Waals surface area (Å²) in [6.07, 6.45) is 9.90. The average Bonchev–Trinajstić information content (AvgIpc) is 2.60. The van der Waals surface area contributed by atoms with Crippen LogP contribution in [0.4, 0.5) is 4.39 Å². The first-order chi connectivity index (χ1) is 12.0. The van der Waals surface area contributed by atoms with Crippen molar-refractivity contribution in [3.63, 3.8) is 0 Å². The summed E-state index contributed by atoms with van der Waals surface area (Å²) in [5.74, 6) is 0.318. The van der Waals surface area contributed by atoms with E-state index in [1.165, 1.54) is 6.07 Å². The average molecular weight is 358 g/mol. The van der Waals surface area contributed by atoms with Crippen LogP contribution < -0.4 is 5.32 Å². The predicted molar refractivity (Wildman–Crippen MR) is 102 cm³/mol. The van der Waals surface area contributed by atoms with Crippen molar-refractivity contribution in [2.24, 2.45) is 0 Å². The Morgan fingerprint density at radius 3 is 2.84 bits per heavy atom. The summed E-state index contributed by atoms with van der Waals surface area (Å²) < 4.78 is 13.8. The van der Waals surface area contributed by atoms with Crippen LogP contribution in [-0.4, -0.2) is 9.97 Å². The minimum Gasteiger partial charge on any atom is -0.368 e. The van der Waals surface area contributed by atoms with Crippen molar-refractivity contribution in [2.75, 3.05) is 0 Å². The molecule has 1 N–H and O–H groups in total. The van der Waals surface area contributed by atoms with Gasteiger partial charge in [0.25, 0.3) is 0 Å². The van der Waals surface area contributed by atoms with E-state index in [-0.39, 0.29) is 10.9 Å². The molecule has 1 aromatic heterocycles. The van der Waals surface area contributed by atoms with Crippen LogP contribution in [0.15, 0.2) is 61.6 Å². The number of aryl methyl sites for hydroxylation is 1. The lowest BCUT2D eigenvalue weighted by atomic mass is 9.93. The largest absolute Gasteiger partial charge is 0.368 e. The van der Waals surface area contributed by atoms with Crippen molar-refractivity contribution in [3.05, 3.63) is 89.5 Å². The molecule has 0 aliphatic heterocycles. The Hall–Kier alpha value is -2.46. The summed E-state index contributed by atoms with van der Waals surface area (Å²) in [7, 11) is 0. The van der Waals surface area contributed by atoms with Gasteiger partial charge in [-0.15, -0.1) is 0 Å². The zero-order valence-corrected chi connectivity index (χ0v) is 15.1. The molecule has 0 bridgehead atoms. The van der Waals surface area contributed by atoms with E-state index >= 15 is 0 Å². The maximum atomic E-state index is 13.8. The minimum absolute atomic E-state index is 0.0328. The van der Waals surface area contributed by atoms with Gasteiger partial charge in [-0.2, -0.15) is 0 Å². The molecule has 1 aromatic carbocycles. The Balaban J connectivity index is 2.45. The fourth-order valence-electron chi connectivity index (χ4n) is 2.46. The Bertz CT molecular complexity index is 799. The van der Waals surface area contributed by atoms with Crippen LogP contribution in [0.5, 0.6) is 0 Å². The third-order valence-electron chi connectivity index (χ3n) is 3.74. The van der Waals surface area contributed by atoms with Crippen LogP contribution in [-0.2, 0) is 0 Å². The Morgan fingerprint density at radius 1 is 1.40 bits per heavy atom. The van der Waals surface area contributed by atoms with Gasteiger partial charge in [-0.25, -0.2) is 14.4 Å². The van der Waals surface area contributed by atoms with E-state index in [1.807, 2.05) is 25.1 Å². The van der Waals surface area contributed by atoms with Crippen molar-refractivity contribution < 1.29 is 4.39 Å². The Morgan fingerprint density at radius 2 is 2.20 bits per heavy atom. The molecule has 0 amide bonds. The monoisotopic (exact) mass is 357 g/mol. The highest BCUT2D eigenvalue weighted by atomic mass is 35.5. The topological polar surface area (TPSA) is 37.8 Å². The first-order valence-corrected chi connectivity index (χ1v) is 8.43. The van der Waals surface area contributed by atoms with Crippen LogP contribution in [0.3, 0.4) is 0 Å². The van der Waals surface area contributed by atoms with Gasteiger partial charge in [0.05, 0.1) is 10.7 Å². The number of nitrogens with zero attached hydrogens (tertiary/aromatic N) is 2. The maximum Gasteiger partial charge on any atom is 0.142 e. The Kier molecular flexibility index (Phi) is 6.90. The first-order valence-electron chi connectivity index (χ1n) is 8.05. The Labute approximate surface area is 153 Å². The molecule has 0 saturated heterocycles. The molecule has 1 heterocycles. The van der Waals surface area contributed by atoms with Crippen LogP contribution in [0.1, 0.15) is 36.3 Å². The van der Waals surface area contributed by atoms with Crippen molar-refractivity contribution in [1.82, 2.24) is 15.3 Å². The van der Waals surface area contributed by atoms with Crippen molar-refractivity contribution in [2.45, 2.75) is 26.2 Å². The van der Waals surface area contributed by atoms with Gasteiger partial charge in [-0.1, -0.05) is 37.2 Å². The second kappa shape index (κ2) is 9.14. The number of rotatable bonds is 7. The number of halogens is 2. The molecule has 0 spiro atoms. The van der Waals surface area contributed by atoms with E-state index in [2.05, 4.69) is 34.9 Å². The number of hydrogen-bond donors (Lipinski definition) is 1. The number of allylic oxidation sites excluding steroid dienone is 3. The van der Waals surface area contributed by atoms with Crippen molar-refractivity contribution in [3.8, 4) is 0 Å². The van der Waals surface area contributed by atoms with Gasteiger partial charge in [0, 0.05) is 18.3 Å². The van der Waals surface area contributed by atoms with E-state index in [0.29, 0.717) is 5.82 Å². The van der Waals surface area contributed by atoms with E-state index in [4.69, 9.17) is 11.6 Å². The smallest absolute Gasteiger partial charge is 0.142 e. The molecule has 0 fully saturated rings. The van der Waals surface area contributed by atoms with Crippen molar-refractivity contribution in [1.29, 1.82) is 0 Å². The summed E-state index contributed by atoms with van der Waals surface area (Å²) in [5, 5.41) is 3.06. The molecule has 5 heteroatoms. The lowest BCUT2D eigenvalue weighted by Gasteiger charge is -2.14. The molecule has 25 heavy (non-hydrogen) atoms. The molecule has 1 unspecified atom stereocenters. The fourth-order valence-corrected chi connectivity index (χ4v) is 2.58. The molecular weight excluding hydrogens is 337 g/mol. The standard InChI is InChI=1S/C20H21ClFN3/c1-4-15(16-6-7-18(21)19(22)13-16)12-17(8-10-23-5-2)20-9-11-24-14(3)25-20/h5-13,15,23H,2,4H2,1,3H3/b10-8-,17-12+. The van der Waals surface area contributed by atoms with Crippen LogP contribution in [0.2, 0.25) is 5.02 Å². The SMILES string of the molecule is C=CN/C=C\C(=C/C(CC)c1ccc(Cl)c(F)c1)c1ccnc(C)n1. The lowest BCUT2D eigenvalue weighted by Crippen LogP contribution is -1.99. The minimum atomic E-state index is -0.408. The van der Waals surface area contributed by atoms with Crippen LogP contribution in [0.25, 0.3) is 5.57 Å². The fraction of sp³-hybridized carbons (Fsp3) is 0.200. The van der Waals surface area contributed by atoms with Gasteiger partial charge < -0.3 is 5.32 Å². The molecule has 0 aliphatic carbocycles. The van der Waals surface area contributed by atoms with Gasteiger partial charge in [0.15, 0.2) is 0 Å². The highest BCUT2D eigenvalue weighted by molar-refractivity contribution is 6.30. The van der Waals surface area contributed by atoms with Gasteiger partial charge in [0.1, 0.15) is 11.6 Å². The molecule has 130 valence electrons. The zero-order chi connectivity index (χ0) is 18.2. The van der Waals surface area contributed by atoms with E-state index in [0.717, 1.165) is 23.3 Å². The summed E-state index contributed by atoms with van der Waals surface area (Å²) in [4.78, 5) is 8.62. The highest BCUT2D eigenvalue weighted by Crippen LogP contribution is 2.28. The summed E-state index contributed by atoms with van der Waals surface area (Å²) in [6, 6.07) is 6.78. The van der Waals surface area contributed by atoms with Crippen LogP contribution in [0, 0.1) is 12.7 Å². The summed E-state index contributed by atoms with van der Waals surface area (Å²) >= 11 is 5.80. The lowest BCUT2D eigenvalue weighted by molar-refractivity contribution is 0.623. The summed E-state index contributed by atoms with van der Waals surface area (Å²) in [6.45, 7) is 7.53. The zero-order valence-electron chi connectivity index (χ0n) is 14.3. The van der Waals surface area contributed by atoms with Crippen LogP contribution >= 0.6 is 11.6 Å². The third-order valence-corrected chi connectivity index (χ3v) is 4.05.